The summed E-state index contributed by atoms with van der Waals surface area (Å²) in [5.74, 6) is 1.25. The molecule has 30 heavy (non-hydrogen) atoms. The molecule has 0 saturated carbocycles. The molecule has 0 aliphatic carbocycles. The maximum absolute atomic E-state index is 10.6. The van der Waals surface area contributed by atoms with E-state index in [0.717, 1.165) is 43.9 Å². The number of hydrogen-bond donors (Lipinski definition) is 1. The zero-order valence-electron chi connectivity index (χ0n) is 18.3. The first-order valence-electron chi connectivity index (χ1n) is 10.9. The number of ether oxygens (including phenoxy) is 2. The quantitative estimate of drug-likeness (QED) is 0.561. The highest BCUT2D eigenvalue weighted by molar-refractivity contribution is 6.31. The molecule has 1 N–H and O–H groups in total. The molecule has 3 rings (SSSR count). The second kappa shape index (κ2) is 11.1. The first-order valence-corrected chi connectivity index (χ1v) is 11.3. The Bertz CT molecular complexity index is 787. The Labute approximate surface area is 185 Å². The molecule has 1 fully saturated rings. The van der Waals surface area contributed by atoms with Gasteiger partial charge in [0.1, 0.15) is 18.5 Å². The van der Waals surface area contributed by atoms with E-state index < -0.39 is 6.10 Å². The van der Waals surface area contributed by atoms with Crippen molar-refractivity contribution in [3.8, 4) is 5.75 Å². The summed E-state index contributed by atoms with van der Waals surface area (Å²) < 4.78 is 11.6. The van der Waals surface area contributed by atoms with E-state index in [0.29, 0.717) is 17.5 Å². The number of aryl methyl sites for hydroxylation is 1. The van der Waals surface area contributed by atoms with Crippen LogP contribution in [0.3, 0.4) is 0 Å². The molecule has 1 saturated heterocycles. The number of aliphatic hydroxyl groups is 1. The van der Waals surface area contributed by atoms with Gasteiger partial charge in [-0.15, -0.1) is 0 Å². The van der Waals surface area contributed by atoms with Crippen molar-refractivity contribution in [2.24, 2.45) is 0 Å². The van der Waals surface area contributed by atoms with Crippen molar-refractivity contribution in [1.82, 2.24) is 4.90 Å². The molecule has 0 aromatic heterocycles. The molecular weight excluding hydrogens is 398 g/mol. The molecule has 5 heteroatoms. The van der Waals surface area contributed by atoms with Crippen LogP contribution < -0.4 is 4.74 Å². The topological polar surface area (TPSA) is 41.9 Å². The number of nitrogens with zero attached hydrogens (tertiary/aromatic N) is 1. The lowest BCUT2D eigenvalue weighted by Crippen LogP contribution is -2.39. The first kappa shape index (κ1) is 23.1. The molecule has 2 atom stereocenters. The molecule has 0 amide bonds. The Morgan fingerprint density at radius 2 is 1.97 bits per heavy atom. The molecule has 164 valence electrons. The molecular formula is C25H34ClNO3. The lowest BCUT2D eigenvalue weighted by Gasteiger charge is -2.27. The predicted molar refractivity (Wildman–Crippen MR) is 122 cm³/mol. The van der Waals surface area contributed by atoms with Crippen LogP contribution in [-0.4, -0.2) is 48.5 Å². The zero-order valence-corrected chi connectivity index (χ0v) is 19.1. The number of aliphatic hydroxyl groups excluding tert-OH is 1. The summed E-state index contributed by atoms with van der Waals surface area (Å²) in [6.07, 6.45) is 1.85. The maximum atomic E-state index is 10.6. The summed E-state index contributed by atoms with van der Waals surface area (Å²) in [7, 11) is 0. The van der Waals surface area contributed by atoms with Gasteiger partial charge in [-0.3, -0.25) is 4.90 Å². The van der Waals surface area contributed by atoms with Gasteiger partial charge in [0.15, 0.2) is 0 Å². The molecule has 0 bridgehead atoms. The standard InChI is InChI=1S/C25H34ClNO3/c1-18(2)21-8-6-20(7-9-21)14-27(16-24-5-4-12-29-24)15-22(28)17-30-23-10-11-25(26)19(3)13-23/h6-11,13,18,22,24,28H,4-5,12,14-17H2,1-3H3. The van der Waals surface area contributed by atoms with E-state index >= 15 is 0 Å². The second-order valence-electron chi connectivity index (χ2n) is 8.60. The van der Waals surface area contributed by atoms with Crippen LogP contribution in [0, 0.1) is 6.92 Å². The molecule has 2 unspecified atom stereocenters. The highest BCUT2D eigenvalue weighted by atomic mass is 35.5. The van der Waals surface area contributed by atoms with Gasteiger partial charge in [0.2, 0.25) is 0 Å². The monoisotopic (exact) mass is 431 g/mol. The fourth-order valence-electron chi connectivity index (χ4n) is 3.80. The van der Waals surface area contributed by atoms with Crippen LogP contribution in [-0.2, 0) is 11.3 Å². The van der Waals surface area contributed by atoms with Crippen LogP contribution in [0.1, 0.15) is 49.3 Å². The van der Waals surface area contributed by atoms with Gasteiger partial charge in [-0.2, -0.15) is 0 Å². The van der Waals surface area contributed by atoms with E-state index in [-0.39, 0.29) is 12.7 Å². The van der Waals surface area contributed by atoms with Gasteiger partial charge >= 0.3 is 0 Å². The average molecular weight is 432 g/mol. The number of halogens is 1. The van der Waals surface area contributed by atoms with Gasteiger partial charge in [0.25, 0.3) is 0 Å². The van der Waals surface area contributed by atoms with E-state index in [2.05, 4.69) is 43.0 Å². The fraction of sp³-hybridized carbons (Fsp3) is 0.520. The van der Waals surface area contributed by atoms with Gasteiger partial charge in [-0.25, -0.2) is 0 Å². The van der Waals surface area contributed by atoms with Gasteiger partial charge in [0.05, 0.1) is 6.10 Å². The SMILES string of the molecule is Cc1cc(OCC(O)CN(Cc2ccc(C(C)C)cc2)CC2CCCO2)ccc1Cl. The van der Waals surface area contributed by atoms with Gasteiger partial charge in [-0.1, -0.05) is 49.7 Å². The van der Waals surface area contributed by atoms with Crippen molar-refractivity contribution in [2.45, 2.75) is 58.3 Å². The minimum atomic E-state index is -0.586. The largest absolute Gasteiger partial charge is 0.491 e. The van der Waals surface area contributed by atoms with Gasteiger partial charge in [-0.05, 0) is 60.6 Å². The van der Waals surface area contributed by atoms with E-state index in [4.69, 9.17) is 21.1 Å². The third-order valence-corrected chi connectivity index (χ3v) is 6.00. The Hall–Kier alpha value is -1.59. The van der Waals surface area contributed by atoms with Crippen LogP contribution in [0.4, 0.5) is 0 Å². The molecule has 2 aromatic carbocycles. The zero-order chi connectivity index (χ0) is 21.5. The smallest absolute Gasteiger partial charge is 0.119 e. The van der Waals surface area contributed by atoms with E-state index in [1.807, 2.05) is 25.1 Å². The summed E-state index contributed by atoms with van der Waals surface area (Å²) in [5, 5.41) is 11.4. The Kier molecular flexibility index (Phi) is 8.58. The van der Waals surface area contributed by atoms with Crippen LogP contribution in [0.15, 0.2) is 42.5 Å². The van der Waals surface area contributed by atoms with Crippen molar-refractivity contribution in [3.63, 3.8) is 0 Å². The number of benzene rings is 2. The molecule has 0 spiro atoms. The molecule has 2 aromatic rings. The Morgan fingerprint density at radius 3 is 2.60 bits per heavy atom. The van der Waals surface area contributed by atoms with Gasteiger partial charge in [0, 0.05) is 31.3 Å². The minimum Gasteiger partial charge on any atom is -0.491 e. The predicted octanol–water partition coefficient (Wildman–Crippen LogP) is 5.19. The second-order valence-corrected chi connectivity index (χ2v) is 9.01. The molecule has 1 aliphatic rings. The van der Waals surface area contributed by atoms with E-state index in [1.165, 1.54) is 11.1 Å². The summed E-state index contributed by atoms with van der Waals surface area (Å²) in [4.78, 5) is 2.28. The fourth-order valence-corrected chi connectivity index (χ4v) is 3.91. The maximum Gasteiger partial charge on any atom is 0.119 e. The third-order valence-electron chi connectivity index (χ3n) is 5.58. The summed E-state index contributed by atoms with van der Waals surface area (Å²) >= 11 is 6.07. The first-order chi connectivity index (χ1) is 14.4. The molecule has 1 aliphatic heterocycles. The van der Waals surface area contributed by atoms with Crippen LogP contribution in [0.25, 0.3) is 0 Å². The van der Waals surface area contributed by atoms with Crippen LogP contribution in [0.2, 0.25) is 5.02 Å². The summed E-state index contributed by atoms with van der Waals surface area (Å²) in [5.41, 5.74) is 3.56. The Balaban J connectivity index is 1.58. The van der Waals surface area contributed by atoms with E-state index in [1.54, 1.807) is 0 Å². The third kappa shape index (κ3) is 6.98. The van der Waals surface area contributed by atoms with Crippen molar-refractivity contribution in [1.29, 1.82) is 0 Å². The van der Waals surface area contributed by atoms with Crippen molar-refractivity contribution in [2.75, 3.05) is 26.3 Å². The number of rotatable bonds is 10. The lowest BCUT2D eigenvalue weighted by atomic mass is 10.0. The van der Waals surface area contributed by atoms with Gasteiger partial charge < -0.3 is 14.6 Å². The highest BCUT2D eigenvalue weighted by Crippen LogP contribution is 2.22. The Morgan fingerprint density at radius 1 is 1.20 bits per heavy atom. The van der Waals surface area contributed by atoms with Crippen molar-refractivity contribution >= 4 is 11.6 Å². The average Bonchev–Trinajstić information content (AvgIpc) is 3.22. The van der Waals surface area contributed by atoms with Crippen LogP contribution in [0.5, 0.6) is 5.75 Å². The minimum absolute atomic E-state index is 0.243. The lowest BCUT2D eigenvalue weighted by molar-refractivity contribution is 0.0313. The molecule has 0 radical (unpaired) electrons. The summed E-state index contributed by atoms with van der Waals surface area (Å²) in [6.45, 7) is 9.59. The summed E-state index contributed by atoms with van der Waals surface area (Å²) in [6, 6.07) is 14.3. The van der Waals surface area contributed by atoms with Crippen molar-refractivity contribution in [3.05, 3.63) is 64.2 Å². The number of hydrogen-bond acceptors (Lipinski definition) is 4. The molecule has 1 heterocycles. The normalized spacial score (nSPS) is 17.6. The molecule has 4 nitrogen and oxygen atoms in total. The highest BCUT2D eigenvalue weighted by Gasteiger charge is 2.21. The van der Waals surface area contributed by atoms with Crippen LogP contribution >= 0.6 is 11.6 Å². The van der Waals surface area contributed by atoms with E-state index in [9.17, 15) is 5.11 Å². The van der Waals surface area contributed by atoms with Crippen molar-refractivity contribution < 1.29 is 14.6 Å².